The highest BCUT2D eigenvalue weighted by atomic mass is 16.4. The SMILES string of the molecule is Cc1cc(Nc2nccc(C)c2C(N)=O)ccc1C(=O)O. The summed E-state index contributed by atoms with van der Waals surface area (Å²) in [6, 6.07) is 6.49. The molecular formula is C15H15N3O3. The van der Waals surface area contributed by atoms with Crippen molar-refractivity contribution in [3.63, 3.8) is 0 Å². The predicted molar refractivity (Wildman–Crippen MR) is 78.9 cm³/mol. The minimum absolute atomic E-state index is 0.230. The molecule has 2 rings (SSSR count). The van der Waals surface area contributed by atoms with Crippen LogP contribution in [0.5, 0.6) is 0 Å². The van der Waals surface area contributed by atoms with Crippen LogP contribution in [0.1, 0.15) is 31.8 Å². The van der Waals surface area contributed by atoms with Crippen LogP contribution in [0.15, 0.2) is 30.5 Å². The molecule has 2 aromatic rings. The number of anilines is 2. The fraction of sp³-hybridized carbons (Fsp3) is 0.133. The van der Waals surface area contributed by atoms with Crippen LogP contribution < -0.4 is 11.1 Å². The van der Waals surface area contributed by atoms with Crippen molar-refractivity contribution in [2.75, 3.05) is 5.32 Å². The first-order chi connectivity index (χ1) is 9.90. The maximum absolute atomic E-state index is 11.5. The second-order valence-corrected chi connectivity index (χ2v) is 4.68. The van der Waals surface area contributed by atoms with E-state index in [2.05, 4.69) is 10.3 Å². The molecule has 6 heteroatoms. The summed E-state index contributed by atoms with van der Waals surface area (Å²) in [5, 5.41) is 12.0. The van der Waals surface area contributed by atoms with Gasteiger partial charge >= 0.3 is 5.97 Å². The highest BCUT2D eigenvalue weighted by Gasteiger charge is 2.13. The van der Waals surface area contributed by atoms with Crippen LogP contribution in [0.3, 0.4) is 0 Å². The number of carboxylic acid groups (broad SMARTS) is 1. The Hall–Kier alpha value is -2.89. The van der Waals surface area contributed by atoms with Crippen molar-refractivity contribution in [3.8, 4) is 0 Å². The molecule has 108 valence electrons. The molecule has 4 N–H and O–H groups in total. The standard InChI is InChI=1S/C15H15N3O3/c1-8-5-6-17-14(12(8)13(16)19)18-10-3-4-11(15(20)21)9(2)7-10/h3-7H,1-2H3,(H2,16,19)(H,17,18)(H,20,21). The molecule has 0 unspecified atom stereocenters. The van der Waals surface area contributed by atoms with Crippen LogP contribution in [-0.2, 0) is 0 Å². The van der Waals surface area contributed by atoms with Crippen molar-refractivity contribution in [3.05, 3.63) is 52.7 Å². The van der Waals surface area contributed by atoms with Gasteiger partial charge in [0.25, 0.3) is 5.91 Å². The molecule has 0 spiro atoms. The summed E-state index contributed by atoms with van der Waals surface area (Å²) in [6.45, 7) is 3.47. The number of rotatable bonds is 4. The smallest absolute Gasteiger partial charge is 0.335 e. The molecule has 0 saturated heterocycles. The number of nitrogens with two attached hydrogens (primary N) is 1. The summed E-state index contributed by atoms with van der Waals surface area (Å²) in [6.07, 6.45) is 1.57. The maximum Gasteiger partial charge on any atom is 0.335 e. The van der Waals surface area contributed by atoms with E-state index in [0.717, 1.165) is 5.56 Å². The third kappa shape index (κ3) is 3.00. The average molecular weight is 285 g/mol. The van der Waals surface area contributed by atoms with Crippen molar-refractivity contribution in [1.82, 2.24) is 4.98 Å². The Labute approximate surface area is 121 Å². The quantitative estimate of drug-likeness (QED) is 0.799. The summed E-state index contributed by atoms with van der Waals surface area (Å²) < 4.78 is 0. The highest BCUT2D eigenvalue weighted by Crippen LogP contribution is 2.23. The van der Waals surface area contributed by atoms with Gasteiger partial charge in [0.05, 0.1) is 11.1 Å². The number of hydrogen-bond donors (Lipinski definition) is 3. The van der Waals surface area contributed by atoms with Gasteiger partial charge in [-0.1, -0.05) is 0 Å². The second kappa shape index (κ2) is 5.62. The zero-order chi connectivity index (χ0) is 15.6. The number of primary amides is 1. The molecule has 0 aliphatic rings. The molecule has 1 aromatic carbocycles. The van der Waals surface area contributed by atoms with Crippen LogP contribution in [-0.4, -0.2) is 22.0 Å². The number of carbonyl (C=O) groups is 2. The maximum atomic E-state index is 11.5. The lowest BCUT2D eigenvalue weighted by atomic mass is 10.1. The minimum atomic E-state index is -0.981. The Kier molecular flexibility index (Phi) is 3.89. The number of amides is 1. The Morgan fingerprint density at radius 2 is 1.90 bits per heavy atom. The Morgan fingerprint density at radius 3 is 2.48 bits per heavy atom. The van der Waals surface area contributed by atoms with Gasteiger partial charge in [-0.3, -0.25) is 4.79 Å². The lowest BCUT2D eigenvalue weighted by molar-refractivity contribution is 0.0696. The van der Waals surface area contributed by atoms with Gasteiger partial charge in [0.15, 0.2) is 0 Å². The molecule has 1 aromatic heterocycles. The Balaban J connectivity index is 2.39. The van der Waals surface area contributed by atoms with E-state index in [1.54, 1.807) is 38.2 Å². The monoisotopic (exact) mass is 285 g/mol. The van der Waals surface area contributed by atoms with Crippen molar-refractivity contribution in [1.29, 1.82) is 0 Å². The van der Waals surface area contributed by atoms with Crippen molar-refractivity contribution in [2.24, 2.45) is 5.73 Å². The van der Waals surface area contributed by atoms with Crippen molar-refractivity contribution in [2.45, 2.75) is 13.8 Å². The van der Waals surface area contributed by atoms with Gasteiger partial charge in [-0.2, -0.15) is 0 Å². The summed E-state index contributed by atoms with van der Waals surface area (Å²) in [7, 11) is 0. The van der Waals surface area contributed by atoms with Gasteiger partial charge in [0.2, 0.25) is 0 Å². The van der Waals surface area contributed by atoms with E-state index >= 15 is 0 Å². The molecule has 0 aliphatic heterocycles. The van der Waals surface area contributed by atoms with Gasteiger partial charge in [-0.25, -0.2) is 9.78 Å². The largest absolute Gasteiger partial charge is 0.478 e. The Morgan fingerprint density at radius 1 is 1.19 bits per heavy atom. The van der Waals surface area contributed by atoms with Crippen LogP contribution in [0, 0.1) is 13.8 Å². The fourth-order valence-electron chi connectivity index (χ4n) is 2.08. The first-order valence-corrected chi connectivity index (χ1v) is 6.26. The zero-order valence-electron chi connectivity index (χ0n) is 11.7. The number of aryl methyl sites for hydroxylation is 2. The van der Waals surface area contributed by atoms with Crippen LogP contribution in [0.4, 0.5) is 11.5 Å². The molecule has 0 bridgehead atoms. The van der Waals surface area contributed by atoms with E-state index in [0.29, 0.717) is 22.6 Å². The van der Waals surface area contributed by atoms with E-state index < -0.39 is 11.9 Å². The molecule has 1 heterocycles. The number of hydrogen-bond acceptors (Lipinski definition) is 4. The number of nitrogens with one attached hydrogen (secondary N) is 1. The average Bonchev–Trinajstić information content (AvgIpc) is 2.37. The number of carbonyl (C=O) groups excluding carboxylic acids is 1. The molecule has 21 heavy (non-hydrogen) atoms. The fourth-order valence-corrected chi connectivity index (χ4v) is 2.08. The third-order valence-corrected chi connectivity index (χ3v) is 3.13. The number of pyridine rings is 1. The number of aromatic nitrogens is 1. The molecule has 0 fully saturated rings. The Bertz CT molecular complexity index is 726. The van der Waals surface area contributed by atoms with E-state index in [1.165, 1.54) is 6.07 Å². The molecule has 0 radical (unpaired) electrons. The summed E-state index contributed by atoms with van der Waals surface area (Å²) >= 11 is 0. The molecule has 0 atom stereocenters. The predicted octanol–water partition coefficient (Wildman–Crippen LogP) is 2.24. The van der Waals surface area contributed by atoms with E-state index in [-0.39, 0.29) is 5.56 Å². The normalized spacial score (nSPS) is 10.2. The second-order valence-electron chi connectivity index (χ2n) is 4.68. The lowest BCUT2D eigenvalue weighted by Gasteiger charge is -2.12. The van der Waals surface area contributed by atoms with Gasteiger partial charge in [0, 0.05) is 11.9 Å². The first-order valence-electron chi connectivity index (χ1n) is 6.26. The van der Waals surface area contributed by atoms with Crippen LogP contribution >= 0.6 is 0 Å². The molecular weight excluding hydrogens is 270 g/mol. The minimum Gasteiger partial charge on any atom is -0.478 e. The van der Waals surface area contributed by atoms with Crippen LogP contribution in [0.2, 0.25) is 0 Å². The molecule has 1 amide bonds. The number of aromatic carboxylic acids is 1. The zero-order valence-corrected chi connectivity index (χ0v) is 11.7. The lowest BCUT2D eigenvalue weighted by Crippen LogP contribution is -2.16. The summed E-state index contributed by atoms with van der Waals surface area (Å²) in [4.78, 5) is 26.6. The van der Waals surface area contributed by atoms with Gasteiger partial charge in [-0.05, 0) is 49.2 Å². The summed E-state index contributed by atoms with van der Waals surface area (Å²) in [5.41, 5.74) is 7.88. The van der Waals surface area contributed by atoms with Crippen molar-refractivity contribution >= 4 is 23.4 Å². The number of benzene rings is 1. The van der Waals surface area contributed by atoms with Gasteiger partial charge < -0.3 is 16.2 Å². The highest BCUT2D eigenvalue weighted by molar-refractivity contribution is 5.99. The molecule has 6 nitrogen and oxygen atoms in total. The van der Waals surface area contributed by atoms with E-state index in [9.17, 15) is 9.59 Å². The molecule has 0 saturated carbocycles. The topological polar surface area (TPSA) is 105 Å². The first kappa shape index (κ1) is 14.5. The summed E-state index contributed by atoms with van der Waals surface area (Å²) in [5.74, 6) is -1.20. The molecule has 0 aliphatic carbocycles. The van der Waals surface area contributed by atoms with E-state index in [4.69, 9.17) is 10.8 Å². The van der Waals surface area contributed by atoms with E-state index in [1.807, 2.05) is 0 Å². The van der Waals surface area contributed by atoms with Crippen molar-refractivity contribution < 1.29 is 14.7 Å². The number of nitrogens with zero attached hydrogens (tertiary/aromatic N) is 1. The van der Waals surface area contributed by atoms with Crippen LogP contribution in [0.25, 0.3) is 0 Å². The number of carboxylic acids is 1. The van der Waals surface area contributed by atoms with Gasteiger partial charge in [-0.15, -0.1) is 0 Å². The van der Waals surface area contributed by atoms with Gasteiger partial charge in [0.1, 0.15) is 5.82 Å². The third-order valence-electron chi connectivity index (χ3n) is 3.13.